The highest BCUT2D eigenvalue weighted by atomic mass is 35.5. The Hall–Kier alpha value is -2.28. The Morgan fingerprint density at radius 1 is 1.41 bits per heavy atom. The van der Waals surface area contributed by atoms with Gasteiger partial charge < -0.3 is 14.8 Å². The highest BCUT2D eigenvalue weighted by Gasteiger charge is 2.36. The van der Waals surface area contributed by atoms with Gasteiger partial charge in [0, 0.05) is 17.8 Å². The van der Waals surface area contributed by atoms with Crippen molar-refractivity contribution in [1.29, 1.82) is 0 Å². The highest BCUT2D eigenvalue weighted by molar-refractivity contribution is 6.32. The molecule has 0 aliphatic carbocycles. The maximum atomic E-state index is 13.2. The van der Waals surface area contributed by atoms with Gasteiger partial charge in [0.25, 0.3) is 0 Å². The number of carbonyl (C=O) groups excluding carboxylic acids is 1. The van der Waals surface area contributed by atoms with Crippen molar-refractivity contribution < 1.29 is 18.7 Å². The van der Waals surface area contributed by atoms with Crippen LogP contribution in [0.15, 0.2) is 34.5 Å². The van der Waals surface area contributed by atoms with Crippen molar-refractivity contribution in [1.82, 2.24) is 10.2 Å². The lowest BCUT2D eigenvalue weighted by atomic mass is 9.97. The first-order valence-electron chi connectivity index (χ1n) is 8.78. The Kier molecular flexibility index (Phi) is 5.33. The van der Waals surface area contributed by atoms with Gasteiger partial charge in [0.1, 0.15) is 17.2 Å². The highest BCUT2D eigenvalue weighted by Crippen LogP contribution is 2.32. The molecule has 1 N–H and O–H groups in total. The predicted octanol–water partition coefficient (Wildman–Crippen LogP) is 4.10. The molecule has 0 saturated heterocycles. The van der Waals surface area contributed by atoms with Gasteiger partial charge in [-0.3, -0.25) is 4.90 Å². The van der Waals surface area contributed by atoms with E-state index in [9.17, 15) is 9.18 Å². The number of nitrogens with one attached hydrogen (secondary N) is 1. The lowest BCUT2D eigenvalue weighted by Crippen LogP contribution is -2.50. The number of amides is 1. The van der Waals surface area contributed by atoms with Crippen LogP contribution >= 0.6 is 11.6 Å². The summed E-state index contributed by atoms with van der Waals surface area (Å²) in [6.45, 7) is 7.93. The maximum Gasteiger partial charge on any atom is 0.410 e. The van der Waals surface area contributed by atoms with E-state index in [-0.39, 0.29) is 17.2 Å². The summed E-state index contributed by atoms with van der Waals surface area (Å²) in [6.07, 6.45) is 1.18. The Morgan fingerprint density at radius 2 is 2.15 bits per heavy atom. The van der Waals surface area contributed by atoms with Crippen LogP contribution in [0.2, 0.25) is 5.02 Å². The van der Waals surface area contributed by atoms with Crippen molar-refractivity contribution in [2.24, 2.45) is 4.99 Å². The van der Waals surface area contributed by atoms with Crippen LogP contribution in [0.1, 0.15) is 34.1 Å². The van der Waals surface area contributed by atoms with E-state index in [1.807, 2.05) is 27.7 Å². The standard InChI is InChI=1S/C19H23ClFN3O3/c1-11-16-13(7-8-24(11)18(25)27-19(2,3)4)17(23-10-22-16)26-15-6-5-12(21)9-14(15)20/h5-6,9-11,17H,7-8H2,1-4H3,(H,22,23). The summed E-state index contributed by atoms with van der Waals surface area (Å²) < 4.78 is 24.6. The zero-order valence-electron chi connectivity index (χ0n) is 15.8. The van der Waals surface area contributed by atoms with Gasteiger partial charge in [0.05, 0.1) is 17.4 Å². The van der Waals surface area contributed by atoms with Gasteiger partial charge in [0.15, 0.2) is 0 Å². The molecule has 0 bridgehead atoms. The molecule has 8 heteroatoms. The van der Waals surface area contributed by atoms with E-state index in [4.69, 9.17) is 21.1 Å². The van der Waals surface area contributed by atoms with Gasteiger partial charge in [-0.1, -0.05) is 11.6 Å². The van der Waals surface area contributed by atoms with Crippen molar-refractivity contribution >= 4 is 24.0 Å². The first-order valence-corrected chi connectivity index (χ1v) is 9.16. The smallest absolute Gasteiger partial charge is 0.410 e. The van der Waals surface area contributed by atoms with Gasteiger partial charge in [-0.15, -0.1) is 0 Å². The molecule has 1 amide bonds. The second kappa shape index (κ2) is 7.38. The zero-order chi connectivity index (χ0) is 19.8. The van der Waals surface area contributed by atoms with Crippen LogP contribution in [-0.2, 0) is 4.74 Å². The van der Waals surface area contributed by atoms with E-state index in [1.165, 1.54) is 24.5 Å². The Morgan fingerprint density at radius 3 is 2.81 bits per heavy atom. The molecule has 1 aromatic carbocycles. The second-order valence-corrected chi connectivity index (χ2v) is 7.91. The number of aliphatic imine (C=N–C) groups is 1. The average Bonchev–Trinajstić information content (AvgIpc) is 2.56. The van der Waals surface area contributed by atoms with E-state index in [0.29, 0.717) is 18.7 Å². The lowest BCUT2D eigenvalue weighted by molar-refractivity contribution is 0.0179. The largest absolute Gasteiger partial charge is 0.463 e. The van der Waals surface area contributed by atoms with E-state index in [1.54, 1.807) is 4.90 Å². The van der Waals surface area contributed by atoms with Crippen LogP contribution < -0.4 is 10.1 Å². The van der Waals surface area contributed by atoms with Crippen LogP contribution in [0.4, 0.5) is 9.18 Å². The first kappa shape index (κ1) is 19.5. The van der Waals surface area contributed by atoms with E-state index in [2.05, 4.69) is 10.3 Å². The molecule has 6 nitrogen and oxygen atoms in total. The summed E-state index contributed by atoms with van der Waals surface area (Å²) in [6, 6.07) is 3.75. The summed E-state index contributed by atoms with van der Waals surface area (Å²) in [5, 5.41) is 3.31. The van der Waals surface area contributed by atoms with Gasteiger partial charge >= 0.3 is 6.09 Å². The summed E-state index contributed by atoms with van der Waals surface area (Å²) in [4.78, 5) is 18.5. The van der Waals surface area contributed by atoms with Crippen LogP contribution in [0.3, 0.4) is 0 Å². The number of ether oxygens (including phenoxy) is 2. The summed E-state index contributed by atoms with van der Waals surface area (Å²) >= 11 is 6.06. The number of hydrogen-bond donors (Lipinski definition) is 1. The summed E-state index contributed by atoms with van der Waals surface area (Å²) in [7, 11) is 0. The van der Waals surface area contributed by atoms with Gasteiger partial charge in [0.2, 0.25) is 6.23 Å². The molecular formula is C19H23ClFN3O3. The Balaban J connectivity index is 1.79. The molecule has 2 atom stereocenters. The van der Waals surface area contributed by atoms with Crippen molar-refractivity contribution in [3.63, 3.8) is 0 Å². The molecule has 0 fully saturated rings. The Bertz CT molecular complexity index is 804. The van der Waals surface area contributed by atoms with Crippen molar-refractivity contribution in [2.45, 2.75) is 52.0 Å². The normalized spacial score (nSPS) is 22.2. The third kappa shape index (κ3) is 4.35. The monoisotopic (exact) mass is 395 g/mol. The van der Waals surface area contributed by atoms with E-state index in [0.717, 1.165) is 11.3 Å². The predicted molar refractivity (Wildman–Crippen MR) is 101 cm³/mol. The molecule has 0 saturated carbocycles. The number of halogens is 2. The molecule has 0 radical (unpaired) electrons. The van der Waals surface area contributed by atoms with Gasteiger partial charge in [-0.05, 0) is 52.3 Å². The fourth-order valence-electron chi connectivity index (χ4n) is 3.09. The number of benzene rings is 1. The number of hydrogen-bond acceptors (Lipinski definition) is 5. The summed E-state index contributed by atoms with van der Waals surface area (Å²) in [5.74, 6) is -0.0726. The zero-order valence-corrected chi connectivity index (χ0v) is 16.5. The van der Waals surface area contributed by atoms with Crippen LogP contribution in [-0.4, -0.2) is 41.7 Å². The molecule has 146 valence electrons. The molecule has 1 aromatic rings. The lowest BCUT2D eigenvalue weighted by Gasteiger charge is -2.39. The molecular weight excluding hydrogens is 373 g/mol. The SMILES string of the molecule is CC1C2=C(CCN1C(=O)OC(C)(C)C)C(Oc1ccc(F)cc1Cl)N=CN2. The molecule has 3 rings (SSSR count). The molecule has 2 heterocycles. The fourth-order valence-corrected chi connectivity index (χ4v) is 3.30. The molecule has 0 spiro atoms. The number of rotatable bonds is 2. The molecule has 0 aromatic heterocycles. The van der Waals surface area contributed by atoms with Crippen LogP contribution in [0.5, 0.6) is 5.75 Å². The topological polar surface area (TPSA) is 63.2 Å². The summed E-state index contributed by atoms with van der Waals surface area (Å²) in [5.41, 5.74) is 1.23. The number of nitrogens with zero attached hydrogens (tertiary/aromatic N) is 2. The first-order chi connectivity index (χ1) is 12.7. The minimum atomic E-state index is -0.576. The average molecular weight is 396 g/mol. The van der Waals surface area contributed by atoms with Gasteiger partial charge in [-0.25, -0.2) is 14.2 Å². The Labute approximate surface area is 163 Å². The third-order valence-corrected chi connectivity index (χ3v) is 4.64. The quantitative estimate of drug-likeness (QED) is 0.818. The van der Waals surface area contributed by atoms with Crippen molar-refractivity contribution in [2.75, 3.05) is 6.54 Å². The van der Waals surface area contributed by atoms with Crippen molar-refractivity contribution in [3.8, 4) is 5.75 Å². The van der Waals surface area contributed by atoms with Crippen LogP contribution in [0, 0.1) is 5.82 Å². The third-order valence-electron chi connectivity index (χ3n) is 4.34. The molecule has 2 aliphatic heterocycles. The fraction of sp³-hybridized carbons (Fsp3) is 0.474. The minimum Gasteiger partial charge on any atom is -0.463 e. The molecule has 2 aliphatic rings. The maximum absolute atomic E-state index is 13.2. The molecule has 27 heavy (non-hydrogen) atoms. The van der Waals surface area contributed by atoms with Crippen molar-refractivity contribution in [3.05, 3.63) is 40.3 Å². The number of carbonyl (C=O) groups is 1. The van der Waals surface area contributed by atoms with Gasteiger partial charge in [-0.2, -0.15) is 0 Å². The minimum absolute atomic E-state index is 0.185. The van der Waals surface area contributed by atoms with Crippen LogP contribution in [0.25, 0.3) is 0 Å². The molecule has 2 unspecified atom stereocenters. The van der Waals surface area contributed by atoms with E-state index >= 15 is 0 Å². The van der Waals surface area contributed by atoms with E-state index < -0.39 is 17.6 Å². The second-order valence-electron chi connectivity index (χ2n) is 7.51.